The predicted octanol–water partition coefficient (Wildman–Crippen LogP) is 5.24. The van der Waals surface area contributed by atoms with Crippen LogP contribution in [0.3, 0.4) is 0 Å². The highest BCUT2D eigenvalue weighted by Crippen LogP contribution is 2.29. The smallest absolute Gasteiger partial charge is 0.407 e. The van der Waals surface area contributed by atoms with Crippen molar-refractivity contribution >= 4 is 33.6 Å². The molecular formula is C27H37BrN4O4. The molecule has 2 amide bonds. The summed E-state index contributed by atoms with van der Waals surface area (Å²) >= 11 is 3.53. The fourth-order valence-corrected chi connectivity index (χ4v) is 4.96. The lowest BCUT2D eigenvalue weighted by molar-refractivity contribution is 0.0492. The van der Waals surface area contributed by atoms with Crippen LogP contribution in [-0.2, 0) is 11.3 Å². The molecule has 0 atom stereocenters. The van der Waals surface area contributed by atoms with E-state index in [0.29, 0.717) is 11.1 Å². The Bertz CT molecular complexity index is 1180. The minimum Gasteiger partial charge on any atom is -0.444 e. The van der Waals surface area contributed by atoms with Gasteiger partial charge in [-0.3, -0.25) is 9.59 Å². The molecule has 0 saturated heterocycles. The second kappa shape index (κ2) is 11.5. The topological polar surface area (TPSA) is 112 Å². The molecule has 1 aliphatic carbocycles. The van der Waals surface area contributed by atoms with Gasteiger partial charge in [0.1, 0.15) is 5.60 Å². The highest BCUT2D eigenvalue weighted by atomic mass is 79.9. The van der Waals surface area contributed by atoms with Crippen LogP contribution < -0.4 is 21.5 Å². The summed E-state index contributed by atoms with van der Waals surface area (Å²) in [7, 11) is 0. The Hall–Kier alpha value is -2.81. The third-order valence-electron chi connectivity index (χ3n) is 6.34. The van der Waals surface area contributed by atoms with E-state index >= 15 is 0 Å². The number of amides is 2. The molecule has 1 aromatic heterocycles. The van der Waals surface area contributed by atoms with Crippen LogP contribution in [0.5, 0.6) is 0 Å². The number of carbonyl (C=O) groups is 2. The molecule has 8 nitrogen and oxygen atoms in total. The van der Waals surface area contributed by atoms with Gasteiger partial charge in [-0.15, -0.1) is 0 Å². The number of aromatic amines is 1. The van der Waals surface area contributed by atoms with E-state index in [1.807, 2.05) is 53.7 Å². The Morgan fingerprint density at radius 3 is 2.31 bits per heavy atom. The van der Waals surface area contributed by atoms with Crippen LogP contribution in [0.4, 0.5) is 10.5 Å². The van der Waals surface area contributed by atoms with Crippen molar-refractivity contribution < 1.29 is 14.3 Å². The standard InChI is InChI=1S/C27H37BrN4O4/c1-15-11-16(2)30-25(34)22(15)14-29-24(33)21-12-18(28)13-23(17(21)3)31-19-7-9-20(10-8-19)32-26(35)36-27(4,5)6/h11-13,19-20,31H,7-10,14H2,1-6H3,(H,29,33)(H,30,34)(H,32,35)/t19-,20-. The number of hydrogen-bond acceptors (Lipinski definition) is 5. The number of hydrogen-bond donors (Lipinski definition) is 4. The van der Waals surface area contributed by atoms with E-state index in [-0.39, 0.29) is 36.2 Å². The number of pyridine rings is 1. The summed E-state index contributed by atoms with van der Waals surface area (Å²) in [6.45, 7) is 11.3. The number of halogens is 1. The molecule has 0 radical (unpaired) electrons. The first-order chi connectivity index (χ1) is 16.8. The van der Waals surface area contributed by atoms with Crippen molar-refractivity contribution in [2.75, 3.05) is 5.32 Å². The molecule has 9 heteroatoms. The highest BCUT2D eigenvalue weighted by Gasteiger charge is 2.25. The van der Waals surface area contributed by atoms with Gasteiger partial charge in [-0.1, -0.05) is 15.9 Å². The lowest BCUT2D eigenvalue weighted by atomic mass is 9.90. The fourth-order valence-electron chi connectivity index (χ4n) is 4.51. The molecule has 3 rings (SSSR count). The van der Waals surface area contributed by atoms with Crippen LogP contribution in [0.2, 0.25) is 0 Å². The number of aryl methyl sites for hydroxylation is 2. The van der Waals surface area contributed by atoms with E-state index in [4.69, 9.17) is 4.74 Å². The third kappa shape index (κ3) is 7.59. The molecule has 0 bridgehead atoms. The van der Waals surface area contributed by atoms with Crippen molar-refractivity contribution in [3.8, 4) is 0 Å². The maximum Gasteiger partial charge on any atom is 0.407 e. The van der Waals surface area contributed by atoms with Crippen LogP contribution in [0, 0.1) is 20.8 Å². The molecule has 4 N–H and O–H groups in total. The van der Waals surface area contributed by atoms with Crippen molar-refractivity contribution in [1.82, 2.24) is 15.6 Å². The van der Waals surface area contributed by atoms with Gasteiger partial charge >= 0.3 is 6.09 Å². The molecule has 0 spiro atoms. The Morgan fingerprint density at radius 1 is 1.06 bits per heavy atom. The average Bonchev–Trinajstić information content (AvgIpc) is 2.75. The molecule has 0 aliphatic heterocycles. The second-order valence-electron chi connectivity index (χ2n) is 10.6. The summed E-state index contributed by atoms with van der Waals surface area (Å²) in [5.41, 5.74) is 3.78. The number of anilines is 1. The second-order valence-corrected chi connectivity index (χ2v) is 11.5. The zero-order valence-electron chi connectivity index (χ0n) is 21.9. The van der Waals surface area contributed by atoms with Crippen LogP contribution in [0.1, 0.15) is 79.2 Å². The molecule has 196 valence electrons. The Morgan fingerprint density at radius 2 is 1.69 bits per heavy atom. The number of H-pyrrole nitrogens is 1. The minimum absolute atomic E-state index is 0.0937. The van der Waals surface area contributed by atoms with Gasteiger partial charge in [-0.2, -0.15) is 0 Å². The van der Waals surface area contributed by atoms with Gasteiger partial charge in [0.15, 0.2) is 0 Å². The summed E-state index contributed by atoms with van der Waals surface area (Å²) in [6, 6.07) is 6.00. The predicted molar refractivity (Wildman–Crippen MR) is 146 cm³/mol. The first-order valence-corrected chi connectivity index (χ1v) is 13.2. The SMILES string of the molecule is Cc1cc(C)c(CNC(=O)c2cc(Br)cc(N[C@H]3CC[C@H](NC(=O)OC(C)(C)C)CC3)c2C)c(=O)[nH]1. The van der Waals surface area contributed by atoms with E-state index in [1.165, 1.54) is 0 Å². The molecule has 0 unspecified atom stereocenters. The van der Waals surface area contributed by atoms with E-state index in [2.05, 4.69) is 36.9 Å². The normalized spacial score (nSPS) is 17.9. The maximum absolute atomic E-state index is 13.0. The molecular weight excluding hydrogens is 524 g/mol. The first-order valence-electron chi connectivity index (χ1n) is 12.4. The molecule has 1 aliphatic rings. The largest absolute Gasteiger partial charge is 0.444 e. The Kier molecular flexibility index (Phi) is 8.87. The number of ether oxygens (including phenoxy) is 1. The monoisotopic (exact) mass is 560 g/mol. The van der Waals surface area contributed by atoms with Crippen molar-refractivity contribution in [2.24, 2.45) is 0 Å². The van der Waals surface area contributed by atoms with Crippen LogP contribution in [-0.4, -0.2) is 34.7 Å². The summed E-state index contributed by atoms with van der Waals surface area (Å²) in [5, 5.41) is 9.45. The zero-order valence-corrected chi connectivity index (χ0v) is 23.5. The quantitative estimate of drug-likeness (QED) is 0.386. The van der Waals surface area contributed by atoms with Gasteiger partial charge in [0.25, 0.3) is 11.5 Å². The van der Waals surface area contributed by atoms with Crippen molar-refractivity contribution in [3.63, 3.8) is 0 Å². The van der Waals surface area contributed by atoms with Crippen LogP contribution in [0.15, 0.2) is 27.5 Å². The number of alkyl carbamates (subject to hydrolysis) is 1. The van der Waals surface area contributed by atoms with Crippen molar-refractivity contribution in [3.05, 3.63) is 61.0 Å². The molecule has 1 fully saturated rings. The van der Waals surface area contributed by atoms with Gasteiger partial charge in [-0.05, 0) is 96.6 Å². The third-order valence-corrected chi connectivity index (χ3v) is 6.80. The van der Waals surface area contributed by atoms with Crippen LogP contribution in [0.25, 0.3) is 0 Å². The Balaban J connectivity index is 1.61. The molecule has 1 heterocycles. The molecule has 1 saturated carbocycles. The van der Waals surface area contributed by atoms with Gasteiger partial charge in [0.05, 0.1) is 0 Å². The minimum atomic E-state index is -0.514. The van der Waals surface area contributed by atoms with E-state index < -0.39 is 5.60 Å². The van der Waals surface area contributed by atoms with E-state index in [1.54, 1.807) is 6.07 Å². The summed E-state index contributed by atoms with van der Waals surface area (Å²) in [5.74, 6) is -0.235. The number of nitrogens with one attached hydrogen (secondary N) is 4. The highest BCUT2D eigenvalue weighted by molar-refractivity contribution is 9.10. The average molecular weight is 562 g/mol. The van der Waals surface area contributed by atoms with Gasteiger partial charge in [-0.25, -0.2) is 4.79 Å². The molecule has 2 aromatic rings. The number of carbonyl (C=O) groups excluding carboxylic acids is 2. The summed E-state index contributed by atoms with van der Waals surface area (Å²) < 4.78 is 6.16. The molecule has 1 aromatic carbocycles. The van der Waals surface area contributed by atoms with Crippen LogP contribution >= 0.6 is 15.9 Å². The van der Waals surface area contributed by atoms with Crippen molar-refractivity contribution in [2.45, 2.75) is 91.5 Å². The maximum atomic E-state index is 13.0. The van der Waals surface area contributed by atoms with E-state index in [9.17, 15) is 14.4 Å². The lowest BCUT2D eigenvalue weighted by Gasteiger charge is -2.31. The molecule has 36 heavy (non-hydrogen) atoms. The zero-order chi connectivity index (χ0) is 26.6. The Labute approximate surface area is 221 Å². The fraction of sp³-hybridized carbons (Fsp3) is 0.519. The summed E-state index contributed by atoms with van der Waals surface area (Å²) in [4.78, 5) is 40.2. The van der Waals surface area contributed by atoms with Gasteiger partial charge < -0.3 is 25.7 Å². The van der Waals surface area contributed by atoms with Crippen molar-refractivity contribution in [1.29, 1.82) is 0 Å². The van der Waals surface area contributed by atoms with E-state index in [0.717, 1.165) is 52.7 Å². The van der Waals surface area contributed by atoms with Gasteiger partial charge in [0.2, 0.25) is 0 Å². The number of rotatable bonds is 6. The number of aromatic nitrogens is 1. The lowest BCUT2D eigenvalue weighted by Crippen LogP contribution is -2.42. The first kappa shape index (κ1) is 27.8. The number of benzene rings is 1. The van der Waals surface area contributed by atoms with Gasteiger partial charge in [0, 0.05) is 45.6 Å². The summed E-state index contributed by atoms with van der Waals surface area (Å²) in [6.07, 6.45) is 3.11.